The first kappa shape index (κ1) is 12.4. The van der Waals surface area contributed by atoms with E-state index in [9.17, 15) is 13.2 Å². The SMILES string of the molecule is FC(F)(F)c1ccc2nnc([C@H]3CCC[NH2+]C3)n2c1. The minimum absolute atomic E-state index is 0.173. The van der Waals surface area contributed by atoms with Crippen LogP contribution in [0.3, 0.4) is 0 Å². The minimum atomic E-state index is -4.34. The number of rotatable bonds is 1. The van der Waals surface area contributed by atoms with Crippen LogP contribution in [-0.2, 0) is 6.18 Å². The van der Waals surface area contributed by atoms with Gasteiger partial charge in [0.25, 0.3) is 0 Å². The lowest BCUT2D eigenvalue weighted by Crippen LogP contribution is -2.86. The number of halogens is 3. The number of nitrogens with zero attached hydrogens (tertiary/aromatic N) is 3. The molecule has 19 heavy (non-hydrogen) atoms. The van der Waals surface area contributed by atoms with Gasteiger partial charge >= 0.3 is 6.18 Å². The second-order valence-corrected chi connectivity index (χ2v) is 4.85. The molecule has 2 N–H and O–H groups in total. The summed E-state index contributed by atoms with van der Waals surface area (Å²) >= 11 is 0. The zero-order chi connectivity index (χ0) is 13.5. The van der Waals surface area contributed by atoms with Crippen LogP contribution in [0, 0.1) is 0 Å². The minimum Gasteiger partial charge on any atom is -0.346 e. The summed E-state index contributed by atoms with van der Waals surface area (Å²) in [5.74, 6) is 0.810. The number of alkyl halides is 3. The summed E-state index contributed by atoms with van der Waals surface area (Å²) in [6.45, 7) is 1.93. The fourth-order valence-corrected chi connectivity index (χ4v) is 2.53. The van der Waals surface area contributed by atoms with Crippen LogP contribution in [0.4, 0.5) is 13.2 Å². The molecule has 0 saturated carbocycles. The van der Waals surface area contributed by atoms with E-state index in [4.69, 9.17) is 0 Å². The van der Waals surface area contributed by atoms with Gasteiger partial charge in [0.2, 0.25) is 0 Å². The third kappa shape index (κ3) is 2.30. The molecule has 0 radical (unpaired) electrons. The van der Waals surface area contributed by atoms with Crippen LogP contribution in [0.15, 0.2) is 18.3 Å². The quantitative estimate of drug-likeness (QED) is 0.847. The lowest BCUT2D eigenvalue weighted by atomic mass is 9.99. The number of nitrogens with two attached hydrogens (primary N) is 1. The maximum atomic E-state index is 12.7. The number of quaternary nitrogens is 1. The van der Waals surface area contributed by atoms with Gasteiger partial charge in [-0.15, -0.1) is 10.2 Å². The number of piperidine rings is 1. The van der Waals surface area contributed by atoms with Crippen molar-refractivity contribution in [3.05, 3.63) is 29.7 Å². The molecular formula is C12H14F3N4+. The van der Waals surface area contributed by atoms with Crippen molar-refractivity contribution in [1.82, 2.24) is 14.6 Å². The molecule has 2 aromatic heterocycles. The second-order valence-electron chi connectivity index (χ2n) is 4.85. The highest BCUT2D eigenvalue weighted by Gasteiger charge is 2.32. The van der Waals surface area contributed by atoms with E-state index in [2.05, 4.69) is 15.5 Å². The Balaban J connectivity index is 2.05. The zero-order valence-corrected chi connectivity index (χ0v) is 10.2. The first-order chi connectivity index (χ1) is 9.05. The Morgan fingerprint density at radius 3 is 2.79 bits per heavy atom. The molecule has 102 valence electrons. The Morgan fingerprint density at radius 2 is 2.11 bits per heavy atom. The molecule has 2 aromatic rings. The van der Waals surface area contributed by atoms with Crippen molar-refractivity contribution >= 4 is 5.65 Å². The number of hydrogen-bond acceptors (Lipinski definition) is 2. The number of pyridine rings is 1. The van der Waals surface area contributed by atoms with E-state index in [0.29, 0.717) is 11.5 Å². The van der Waals surface area contributed by atoms with Crippen molar-refractivity contribution in [3.8, 4) is 0 Å². The van der Waals surface area contributed by atoms with Gasteiger partial charge in [-0.05, 0) is 25.0 Å². The second kappa shape index (κ2) is 4.48. The van der Waals surface area contributed by atoms with Gasteiger partial charge in [-0.1, -0.05) is 0 Å². The molecule has 1 aliphatic rings. The molecule has 1 atom stereocenters. The van der Waals surface area contributed by atoms with E-state index < -0.39 is 11.7 Å². The lowest BCUT2D eigenvalue weighted by molar-refractivity contribution is -0.665. The molecule has 4 nitrogen and oxygen atoms in total. The molecule has 7 heteroatoms. The van der Waals surface area contributed by atoms with Crippen molar-refractivity contribution in [2.45, 2.75) is 24.9 Å². The molecule has 0 bridgehead atoms. The highest BCUT2D eigenvalue weighted by atomic mass is 19.4. The Kier molecular flexibility index (Phi) is 2.93. The number of fused-ring (bicyclic) bond motifs is 1. The Labute approximate surface area is 107 Å². The smallest absolute Gasteiger partial charge is 0.346 e. The molecule has 0 unspecified atom stereocenters. The van der Waals surface area contributed by atoms with Crippen LogP contribution in [0.2, 0.25) is 0 Å². The molecule has 0 aromatic carbocycles. The highest BCUT2D eigenvalue weighted by Crippen LogP contribution is 2.30. The zero-order valence-electron chi connectivity index (χ0n) is 10.2. The van der Waals surface area contributed by atoms with Crippen molar-refractivity contribution in [2.75, 3.05) is 13.1 Å². The summed E-state index contributed by atoms with van der Waals surface area (Å²) in [5, 5.41) is 10.2. The van der Waals surface area contributed by atoms with Crippen LogP contribution < -0.4 is 5.32 Å². The van der Waals surface area contributed by atoms with Gasteiger partial charge in [-0.3, -0.25) is 4.40 Å². The molecule has 1 fully saturated rings. The number of aromatic nitrogens is 3. The van der Waals surface area contributed by atoms with E-state index >= 15 is 0 Å². The summed E-state index contributed by atoms with van der Waals surface area (Å²) < 4.78 is 39.7. The van der Waals surface area contributed by atoms with Gasteiger partial charge < -0.3 is 5.32 Å². The Bertz CT molecular complexity index is 584. The molecule has 3 rings (SSSR count). The monoisotopic (exact) mass is 271 g/mol. The average Bonchev–Trinajstić information content (AvgIpc) is 2.81. The largest absolute Gasteiger partial charge is 0.417 e. The summed E-state index contributed by atoms with van der Waals surface area (Å²) in [7, 11) is 0. The first-order valence-electron chi connectivity index (χ1n) is 6.29. The molecular weight excluding hydrogens is 257 g/mol. The summed E-state index contributed by atoms with van der Waals surface area (Å²) in [4.78, 5) is 0. The Morgan fingerprint density at radius 1 is 1.26 bits per heavy atom. The van der Waals surface area contributed by atoms with Crippen molar-refractivity contribution in [3.63, 3.8) is 0 Å². The van der Waals surface area contributed by atoms with Crippen LogP contribution in [0.1, 0.15) is 30.1 Å². The van der Waals surface area contributed by atoms with E-state index in [0.717, 1.165) is 38.2 Å². The van der Waals surface area contributed by atoms with Crippen LogP contribution in [0.25, 0.3) is 5.65 Å². The fourth-order valence-electron chi connectivity index (χ4n) is 2.53. The molecule has 0 aliphatic carbocycles. The maximum Gasteiger partial charge on any atom is 0.417 e. The third-order valence-electron chi connectivity index (χ3n) is 3.53. The van der Waals surface area contributed by atoms with E-state index in [1.807, 2.05) is 0 Å². The molecule has 0 amide bonds. The van der Waals surface area contributed by atoms with Crippen LogP contribution in [-0.4, -0.2) is 27.7 Å². The topological polar surface area (TPSA) is 46.8 Å². The first-order valence-corrected chi connectivity index (χ1v) is 6.29. The average molecular weight is 271 g/mol. The van der Waals surface area contributed by atoms with Crippen molar-refractivity contribution in [2.24, 2.45) is 0 Å². The molecule has 1 saturated heterocycles. The highest BCUT2D eigenvalue weighted by molar-refractivity contribution is 5.40. The van der Waals surface area contributed by atoms with Gasteiger partial charge in [0, 0.05) is 6.20 Å². The van der Waals surface area contributed by atoms with Crippen molar-refractivity contribution < 1.29 is 18.5 Å². The van der Waals surface area contributed by atoms with E-state index in [-0.39, 0.29) is 5.92 Å². The molecule has 1 aliphatic heterocycles. The van der Waals surface area contributed by atoms with Crippen LogP contribution >= 0.6 is 0 Å². The normalized spacial score (nSPS) is 20.9. The molecule has 0 spiro atoms. The summed E-state index contributed by atoms with van der Waals surface area (Å²) in [5.41, 5.74) is -0.200. The third-order valence-corrected chi connectivity index (χ3v) is 3.53. The predicted molar refractivity (Wildman–Crippen MR) is 61.6 cm³/mol. The summed E-state index contributed by atoms with van der Waals surface area (Å²) in [6, 6.07) is 2.41. The van der Waals surface area contributed by atoms with Gasteiger partial charge in [0.05, 0.1) is 24.6 Å². The van der Waals surface area contributed by atoms with Crippen molar-refractivity contribution in [1.29, 1.82) is 0 Å². The lowest BCUT2D eigenvalue weighted by Gasteiger charge is -2.18. The molecule has 3 heterocycles. The van der Waals surface area contributed by atoms with E-state index in [1.165, 1.54) is 10.5 Å². The standard InChI is InChI=1S/C12H13F3N4/c13-12(14,15)9-3-4-10-17-18-11(19(10)7-9)8-2-1-5-16-6-8/h3-4,7-8,16H,1-2,5-6H2/p+1/t8-/m0/s1. The Hall–Kier alpha value is -1.63. The summed E-state index contributed by atoms with van der Waals surface area (Å²) in [6.07, 6.45) is -1.24. The van der Waals surface area contributed by atoms with Gasteiger partial charge in [0.1, 0.15) is 5.82 Å². The van der Waals surface area contributed by atoms with E-state index in [1.54, 1.807) is 0 Å². The number of hydrogen-bond donors (Lipinski definition) is 1. The maximum absolute atomic E-state index is 12.7. The van der Waals surface area contributed by atoms with Gasteiger partial charge in [-0.25, -0.2) is 0 Å². The predicted octanol–water partition coefficient (Wildman–Crippen LogP) is 1.19. The van der Waals surface area contributed by atoms with Crippen LogP contribution in [0.5, 0.6) is 0 Å². The fraction of sp³-hybridized carbons (Fsp3) is 0.500. The van der Waals surface area contributed by atoms with Gasteiger partial charge in [-0.2, -0.15) is 13.2 Å². The van der Waals surface area contributed by atoms with Gasteiger partial charge in [0.15, 0.2) is 5.65 Å².